The van der Waals surface area contributed by atoms with Gasteiger partial charge >= 0.3 is 6.18 Å². The largest absolute Gasteiger partial charge is 0.507 e. The van der Waals surface area contributed by atoms with E-state index in [4.69, 9.17) is 0 Å². The van der Waals surface area contributed by atoms with Crippen molar-refractivity contribution < 1.29 is 18.3 Å². The van der Waals surface area contributed by atoms with Crippen LogP contribution in [0.2, 0.25) is 0 Å². The van der Waals surface area contributed by atoms with Crippen molar-refractivity contribution in [3.63, 3.8) is 0 Å². The Labute approximate surface area is 168 Å². The van der Waals surface area contributed by atoms with Gasteiger partial charge in [0.25, 0.3) is 0 Å². The first-order chi connectivity index (χ1) is 13.7. The van der Waals surface area contributed by atoms with Crippen LogP contribution < -0.4 is 4.90 Å². The van der Waals surface area contributed by atoms with Crippen molar-refractivity contribution in [2.75, 3.05) is 38.1 Å². The van der Waals surface area contributed by atoms with Crippen molar-refractivity contribution in [2.24, 2.45) is 5.92 Å². The predicted molar refractivity (Wildman–Crippen MR) is 105 cm³/mol. The summed E-state index contributed by atoms with van der Waals surface area (Å²) in [6.45, 7) is 5.60. The number of anilines is 1. The van der Waals surface area contributed by atoms with Crippen LogP contribution in [-0.4, -0.2) is 53.4 Å². The van der Waals surface area contributed by atoms with Gasteiger partial charge in [0.05, 0.1) is 11.3 Å². The molecule has 1 N–H and O–H groups in total. The highest BCUT2D eigenvalue weighted by Gasteiger charge is 2.32. The molecule has 8 heteroatoms. The van der Waals surface area contributed by atoms with Crippen molar-refractivity contribution >= 4 is 5.82 Å². The number of phenolic OH excluding ortho intramolecular Hbond substituents is 1. The van der Waals surface area contributed by atoms with Crippen LogP contribution in [-0.2, 0) is 12.6 Å². The summed E-state index contributed by atoms with van der Waals surface area (Å²) in [5.41, 5.74) is 1.21. The number of rotatable bonds is 3. The lowest BCUT2D eigenvalue weighted by atomic mass is 9.97. The fourth-order valence-electron chi connectivity index (χ4n) is 4.36. The Morgan fingerprint density at radius 1 is 1.10 bits per heavy atom. The van der Waals surface area contributed by atoms with Crippen molar-refractivity contribution in [1.82, 2.24) is 15.1 Å². The van der Waals surface area contributed by atoms with Crippen LogP contribution in [0.4, 0.5) is 19.0 Å². The minimum absolute atomic E-state index is 0.307. The molecular weight excluding hydrogens is 381 g/mol. The number of benzene rings is 1. The average molecular weight is 406 g/mol. The summed E-state index contributed by atoms with van der Waals surface area (Å²) in [5, 5.41) is 18.9. The molecule has 29 heavy (non-hydrogen) atoms. The zero-order chi connectivity index (χ0) is 20.8. The maximum atomic E-state index is 13.0. The molecule has 0 amide bonds. The minimum atomic E-state index is -4.50. The number of aromatic hydroxyl groups is 1. The Balaban J connectivity index is 1.57. The standard InChI is InChI=1S/C21H25F3N4O/c1-13-9-16(21(22,23)24)11-18(29)19(13)17-10-15-5-8-28(20(15)26-25-17)12-14-3-6-27(2)7-4-14/h9-11,14,29H,3-8,12H2,1-2H3. The molecule has 0 radical (unpaired) electrons. The van der Waals surface area contributed by atoms with Gasteiger partial charge in [0.2, 0.25) is 0 Å². The Hall–Kier alpha value is -2.35. The van der Waals surface area contributed by atoms with E-state index in [0.29, 0.717) is 22.7 Å². The number of hydrogen-bond donors (Lipinski definition) is 1. The molecule has 0 atom stereocenters. The van der Waals surface area contributed by atoms with Gasteiger partial charge < -0.3 is 14.9 Å². The lowest BCUT2D eigenvalue weighted by Gasteiger charge is -2.32. The topological polar surface area (TPSA) is 52.5 Å². The van der Waals surface area contributed by atoms with Crippen LogP contribution >= 0.6 is 0 Å². The Kier molecular flexibility index (Phi) is 5.14. The van der Waals surface area contributed by atoms with Gasteiger partial charge in [-0.3, -0.25) is 0 Å². The molecule has 5 nitrogen and oxygen atoms in total. The molecule has 3 heterocycles. The first kappa shape index (κ1) is 19.9. The maximum Gasteiger partial charge on any atom is 0.416 e. The Bertz CT molecular complexity index is 884. The fraction of sp³-hybridized carbons (Fsp3) is 0.524. The number of halogens is 3. The van der Waals surface area contributed by atoms with Gasteiger partial charge in [-0.2, -0.15) is 13.2 Å². The summed E-state index contributed by atoms with van der Waals surface area (Å²) in [5.74, 6) is 1.07. The summed E-state index contributed by atoms with van der Waals surface area (Å²) in [6.07, 6.45) is -1.33. The first-order valence-electron chi connectivity index (χ1n) is 9.93. The highest BCUT2D eigenvalue weighted by Crippen LogP contribution is 2.39. The van der Waals surface area contributed by atoms with Gasteiger partial charge in [0, 0.05) is 24.2 Å². The first-order valence-corrected chi connectivity index (χ1v) is 9.93. The summed E-state index contributed by atoms with van der Waals surface area (Å²) >= 11 is 0. The summed E-state index contributed by atoms with van der Waals surface area (Å²) in [4.78, 5) is 4.61. The van der Waals surface area contributed by atoms with Gasteiger partial charge in [-0.25, -0.2) is 0 Å². The molecule has 0 spiro atoms. The molecule has 0 bridgehead atoms. The second-order valence-electron chi connectivity index (χ2n) is 8.21. The molecule has 1 aromatic carbocycles. The number of hydrogen-bond acceptors (Lipinski definition) is 5. The van der Waals surface area contributed by atoms with Crippen LogP contribution in [0.15, 0.2) is 18.2 Å². The van der Waals surface area contributed by atoms with Gasteiger partial charge in [-0.1, -0.05) is 0 Å². The van der Waals surface area contributed by atoms with Crippen molar-refractivity contribution in [2.45, 2.75) is 32.4 Å². The van der Waals surface area contributed by atoms with E-state index in [1.807, 2.05) is 6.07 Å². The van der Waals surface area contributed by atoms with Gasteiger partial charge in [0.15, 0.2) is 5.82 Å². The molecule has 156 valence electrons. The smallest absolute Gasteiger partial charge is 0.416 e. The van der Waals surface area contributed by atoms with Crippen LogP contribution in [0.25, 0.3) is 11.3 Å². The summed E-state index contributed by atoms with van der Waals surface area (Å²) < 4.78 is 38.9. The normalized spacial score (nSPS) is 18.3. The quantitative estimate of drug-likeness (QED) is 0.839. The lowest BCUT2D eigenvalue weighted by Crippen LogP contribution is -2.36. The molecule has 0 saturated carbocycles. The highest BCUT2D eigenvalue weighted by atomic mass is 19.4. The second kappa shape index (κ2) is 7.48. The summed E-state index contributed by atoms with van der Waals surface area (Å²) in [6, 6.07) is 3.65. The zero-order valence-corrected chi connectivity index (χ0v) is 16.6. The Morgan fingerprint density at radius 2 is 1.83 bits per heavy atom. The zero-order valence-electron chi connectivity index (χ0n) is 16.6. The number of aromatic nitrogens is 2. The molecule has 1 aromatic heterocycles. The molecule has 4 rings (SSSR count). The van der Waals surface area contributed by atoms with Gasteiger partial charge in [0.1, 0.15) is 5.75 Å². The van der Waals surface area contributed by atoms with Crippen molar-refractivity contribution in [3.05, 3.63) is 34.9 Å². The van der Waals surface area contributed by atoms with Gasteiger partial charge in [-0.05, 0) is 76.0 Å². The van der Waals surface area contributed by atoms with Crippen LogP contribution in [0.5, 0.6) is 5.75 Å². The van der Waals surface area contributed by atoms with Gasteiger partial charge in [-0.15, -0.1) is 10.2 Å². The molecule has 1 saturated heterocycles. The SMILES string of the molecule is Cc1cc(C(F)(F)F)cc(O)c1-c1cc2c(nn1)N(CC1CCN(C)CC1)CC2. The minimum Gasteiger partial charge on any atom is -0.507 e. The molecule has 1 fully saturated rings. The van der Waals surface area contributed by atoms with Crippen molar-refractivity contribution in [1.29, 1.82) is 0 Å². The summed E-state index contributed by atoms with van der Waals surface area (Å²) in [7, 11) is 2.15. The number of aryl methyl sites for hydroxylation is 1. The third-order valence-corrected chi connectivity index (χ3v) is 6.02. The number of fused-ring (bicyclic) bond motifs is 1. The fourth-order valence-corrected chi connectivity index (χ4v) is 4.36. The van der Waals surface area contributed by atoms with E-state index >= 15 is 0 Å². The molecular formula is C21H25F3N4O. The molecule has 2 aliphatic rings. The maximum absolute atomic E-state index is 13.0. The highest BCUT2D eigenvalue weighted by molar-refractivity contribution is 5.73. The predicted octanol–water partition coefficient (Wildman–Crippen LogP) is 3.88. The van der Waals surface area contributed by atoms with Crippen molar-refractivity contribution in [3.8, 4) is 17.0 Å². The molecule has 0 unspecified atom stereocenters. The number of phenols is 1. The third kappa shape index (κ3) is 4.03. The van der Waals surface area contributed by atoms with E-state index < -0.39 is 17.5 Å². The monoisotopic (exact) mass is 406 g/mol. The van der Waals surface area contributed by atoms with E-state index in [0.717, 1.165) is 56.1 Å². The van der Waals surface area contributed by atoms with Crippen LogP contribution in [0.3, 0.4) is 0 Å². The van der Waals surface area contributed by atoms with E-state index in [1.165, 1.54) is 12.8 Å². The number of likely N-dealkylation sites (tertiary alicyclic amines) is 1. The van der Waals surface area contributed by atoms with E-state index in [1.54, 1.807) is 6.92 Å². The van der Waals surface area contributed by atoms with E-state index in [2.05, 4.69) is 27.0 Å². The number of nitrogens with zero attached hydrogens (tertiary/aromatic N) is 4. The van der Waals surface area contributed by atoms with Crippen LogP contribution in [0, 0.1) is 12.8 Å². The second-order valence-corrected chi connectivity index (χ2v) is 8.21. The molecule has 2 aromatic rings. The molecule has 0 aliphatic carbocycles. The average Bonchev–Trinajstić information content (AvgIpc) is 3.04. The van der Waals surface area contributed by atoms with E-state index in [-0.39, 0.29) is 0 Å². The van der Waals surface area contributed by atoms with E-state index in [9.17, 15) is 18.3 Å². The number of piperidine rings is 1. The van der Waals surface area contributed by atoms with Crippen LogP contribution in [0.1, 0.15) is 29.5 Å². The lowest BCUT2D eigenvalue weighted by molar-refractivity contribution is -0.137. The number of alkyl halides is 3. The third-order valence-electron chi connectivity index (χ3n) is 6.02. The molecule has 2 aliphatic heterocycles. The Morgan fingerprint density at radius 3 is 2.48 bits per heavy atom.